The Balaban J connectivity index is 1.66. The third-order valence-corrected chi connectivity index (χ3v) is 3.69. The molecule has 0 bridgehead atoms. The van der Waals surface area contributed by atoms with Crippen LogP contribution < -0.4 is 10.6 Å². The van der Waals surface area contributed by atoms with Crippen molar-refractivity contribution >= 4 is 23.1 Å². The number of pyridine rings is 1. The number of alkyl halides is 3. The Bertz CT molecular complexity index is 986. The molecule has 1 heterocycles. The third kappa shape index (κ3) is 4.61. The molecule has 0 atom stereocenters. The number of aromatic nitrogens is 1. The molecule has 0 saturated carbocycles. The third-order valence-electron chi connectivity index (χ3n) is 3.69. The highest BCUT2D eigenvalue weighted by Crippen LogP contribution is 2.30. The van der Waals surface area contributed by atoms with E-state index in [4.69, 9.17) is 0 Å². The highest BCUT2D eigenvalue weighted by molar-refractivity contribution is 6.04. The first-order valence-electron chi connectivity index (χ1n) is 7.89. The van der Waals surface area contributed by atoms with E-state index in [0.29, 0.717) is 6.07 Å². The van der Waals surface area contributed by atoms with Crippen molar-refractivity contribution in [3.8, 4) is 0 Å². The summed E-state index contributed by atoms with van der Waals surface area (Å²) in [5, 5.41) is 5.10. The molecule has 0 aliphatic heterocycles. The molecule has 28 heavy (non-hydrogen) atoms. The van der Waals surface area contributed by atoms with Crippen LogP contribution >= 0.6 is 0 Å². The van der Waals surface area contributed by atoms with E-state index in [9.17, 15) is 26.7 Å². The molecule has 9 heteroatoms. The number of hydrogen-bond acceptors (Lipinski definition) is 3. The number of nitrogens with one attached hydrogen (secondary N) is 2. The van der Waals surface area contributed by atoms with E-state index in [-0.39, 0.29) is 22.8 Å². The molecular weight excluding hydrogens is 381 g/mol. The molecule has 144 valence electrons. The molecule has 3 rings (SSSR count). The van der Waals surface area contributed by atoms with Gasteiger partial charge in [0.25, 0.3) is 5.91 Å². The summed E-state index contributed by atoms with van der Waals surface area (Å²) in [5.74, 6) is -1.87. The predicted molar refractivity (Wildman–Crippen MR) is 93.3 cm³/mol. The average Bonchev–Trinajstić information content (AvgIpc) is 2.64. The quantitative estimate of drug-likeness (QED) is 0.586. The van der Waals surface area contributed by atoms with Gasteiger partial charge in [-0.1, -0.05) is 0 Å². The number of nitrogens with zero attached hydrogens (tertiary/aromatic N) is 1. The van der Waals surface area contributed by atoms with Crippen LogP contribution in [0.3, 0.4) is 0 Å². The normalized spacial score (nSPS) is 11.2. The van der Waals surface area contributed by atoms with E-state index in [1.54, 1.807) is 0 Å². The smallest absolute Gasteiger partial charge is 0.338 e. The molecule has 0 radical (unpaired) electrons. The Kier molecular flexibility index (Phi) is 5.25. The Morgan fingerprint density at radius 2 is 1.64 bits per heavy atom. The summed E-state index contributed by atoms with van der Waals surface area (Å²) >= 11 is 0. The first-order valence-corrected chi connectivity index (χ1v) is 7.89. The molecule has 0 fully saturated rings. The van der Waals surface area contributed by atoms with Crippen LogP contribution in [0.15, 0.2) is 60.8 Å². The summed E-state index contributed by atoms with van der Waals surface area (Å²) in [5.41, 5.74) is -0.481. The van der Waals surface area contributed by atoms with Crippen LogP contribution in [0.25, 0.3) is 0 Å². The van der Waals surface area contributed by atoms with Gasteiger partial charge < -0.3 is 10.6 Å². The first-order chi connectivity index (χ1) is 13.2. The molecule has 2 aromatic carbocycles. The van der Waals surface area contributed by atoms with Gasteiger partial charge >= 0.3 is 6.18 Å². The fourth-order valence-corrected chi connectivity index (χ4v) is 2.28. The van der Waals surface area contributed by atoms with Crippen molar-refractivity contribution in [2.75, 3.05) is 10.6 Å². The molecule has 1 amide bonds. The summed E-state index contributed by atoms with van der Waals surface area (Å²) in [6.45, 7) is 0. The average molecular weight is 393 g/mol. The second-order valence-corrected chi connectivity index (χ2v) is 5.71. The zero-order valence-electron chi connectivity index (χ0n) is 14.0. The minimum absolute atomic E-state index is 0.0101. The standard InChI is InChI=1S/C19H12F5N3O/c20-13-4-7-16(15(21)9-13)27-17-8-1-11(10-25-17)18(28)26-14-5-2-12(3-6-14)19(22,23)24/h1-10H,(H,25,27)(H,26,28). The van der Waals surface area contributed by atoms with Gasteiger partial charge in [0.1, 0.15) is 17.5 Å². The number of carbonyl (C=O) groups is 1. The van der Waals surface area contributed by atoms with Crippen LogP contribution in [-0.2, 0) is 6.18 Å². The highest BCUT2D eigenvalue weighted by atomic mass is 19.4. The van der Waals surface area contributed by atoms with Gasteiger partial charge in [-0.2, -0.15) is 13.2 Å². The minimum atomic E-state index is -4.46. The monoisotopic (exact) mass is 393 g/mol. The largest absolute Gasteiger partial charge is 0.416 e. The number of benzene rings is 2. The van der Waals surface area contributed by atoms with Gasteiger partial charge in [-0.3, -0.25) is 4.79 Å². The van der Waals surface area contributed by atoms with Crippen LogP contribution in [0.4, 0.5) is 39.1 Å². The number of halogens is 5. The number of hydrogen-bond donors (Lipinski definition) is 2. The van der Waals surface area contributed by atoms with Crippen molar-refractivity contribution in [1.82, 2.24) is 4.98 Å². The lowest BCUT2D eigenvalue weighted by atomic mass is 10.2. The Labute approximate surface area is 156 Å². The maximum absolute atomic E-state index is 13.6. The van der Waals surface area contributed by atoms with Crippen molar-refractivity contribution < 1.29 is 26.7 Å². The van der Waals surface area contributed by atoms with Crippen LogP contribution in [0, 0.1) is 11.6 Å². The number of rotatable bonds is 4. The Morgan fingerprint density at radius 3 is 2.21 bits per heavy atom. The van der Waals surface area contributed by atoms with E-state index < -0.39 is 29.3 Å². The van der Waals surface area contributed by atoms with Gasteiger partial charge in [0.2, 0.25) is 0 Å². The highest BCUT2D eigenvalue weighted by Gasteiger charge is 2.30. The number of amides is 1. The van der Waals surface area contributed by atoms with Crippen LogP contribution in [0.2, 0.25) is 0 Å². The van der Waals surface area contributed by atoms with Gasteiger partial charge in [0.05, 0.1) is 16.8 Å². The summed E-state index contributed by atoms with van der Waals surface area (Å²) in [6.07, 6.45) is -3.25. The van der Waals surface area contributed by atoms with Crippen molar-refractivity contribution in [1.29, 1.82) is 0 Å². The lowest BCUT2D eigenvalue weighted by Crippen LogP contribution is -2.13. The van der Waals surface area contributed by atoms with E-state index >= 15 is 0 Å². The Morgan fingerprint density at radius 1 is 0.929 bits per heavy atom. The summed E-state index contributed by atoms with van der Waals surface area (Å²) in [6, 6.07) is 9.81. The lowest BCUT2D eigenvalue weighted by molar-refractivity contribution is -0.137. The van der Waals surface area contributed by atoms with Gasteiger partial charge in [-0.25, -0.2) is 13.8 Å². The van der Waals surface area contributed by atoms with Crippen molar-refractivity contribution in [3.05, 3.63) is 83.6 Å². The van der Waals surface area contributed by atoms with Gasteiger partial charge in [-0.15, -0.1) is 0 Å². The maximum atomic E-state index is 13.6. The van der Waals surface area contributed by atoms with Gasteiger partial charge in [0.15, 0.2) is 0 Å². The van der Waals surface area contributed by atoms with Crippen LogP contribution in [0.1, 0.15) is 15.9 Å². The molecule has 0 aliphatic carbocycles. The van der Waals surface area contributed by atoms with Crippen molar-refractivity contribution in [2.24, 2.45) is 0 Å². The van der Waals surface area contributed by atoms with E-state index in [1.807, 2.05) is 0 Å². The predicted octanol–water partition coefficient (Wildman–Crippen LogP) is 5.37. The molecule has 0 aliphatic rings. The fraction of sp³-hybridized carbons (Fsp3) is 0.0526. The fourth-order valence-electron chi connectivity index (χ4n) is 2.28. The number of anilines is 3. The van der Waals surface area contributed by atoms with Crippen LogP contribution in [-0.4, -0.2) is 10.9 Å². The number of carbonyl (C=O) groups excluding carboxylic acids is 1. The van der Waals surface area contributed by atoms with Crippen molar-refractivity contribution in [3.63, 3.8) is 0 Å². The zero-order valence-corrected chi connectivity index (χ0v) is 14.0. The first kappa shape index (κ1) is 19.3. The topological polar surface area (TPSA) is 54.0 Å². The van der Waals surface area contributed by atoms with E-state index in [0.717, 1.165) is 30.3 Å². The molecule has 3 aromatic rings. The van der Waals surface area contributed by atoms with Crippen molar-refractivity contribution in [2.45, 2.75) is 6.18 Å². The zero-order chi connectivity index (χ0) is 20.3. The molecule has 2 N–H and O–H groups in total. The molecule has 1 aromatic heterocycles. The maximum Gasteiger partial charge on any atom is 0.416 e. The van der Waals surface area contributed by atoms with E-state index in [2.05, 4.69) is 15.6 Å². The van der Waals surface area contributed by atoms with E-state index in [1.165, 1.54) is 24.4 Å². The summed E-state index contributed by atoms with van der Waals surface area (Å²) < 4.78 is 64.2. The molecule has 0 unspecified atom stereocenters. The summed E-state index contributed by atoms with van der Waals surface area (Å²) in [7, 11) is 0. The Hall–Kier alpha value is -3.49. The minimum Gasteiger partial charge on any atom is -0.338 e. The summed E-state index contributed by atoms with van der Waals surface area (Å²) in [4.78, 5) is 16.1. The molecule has 0 spiro atoms. The lowest BCUT2D eigenvalue weighted by Gasteiger charge is -2.10. The van der Waals surface area contributed by atoms with Crippen LogP contribution in [0.5, 0.6) is 0 Å². The SMILES string of the molecule is O=C(Nc1ccc(C(F)(F)F)cc1)c1ccc(Nc2ccc(F)cc2F)nc1. The molecule has 0 saturated heterocycles. The second-order valence-electron chi connectivity index (χ2n) is 5.71. The second kappa shape index (κ2) is 7.63. The van der Waals surface area contributed by atoms with Gasteiger partial charge in [0, 0.05) is 18.0 Å². The molecular formula is C19H12F5N3O. The van der Waals surface area contributed by atoms with Gasteiger partial charge in [-0.05, 0) is 48.5 Å². The molecule has 4 nitrogen and oxygen atoms in total.